The second-order valence-corrected chi connectivity index (χ2v) is 8.47. The number of hydrogen-bond acceptors (Lipinski definition) is 3. The van der Waals surface area contributed by atoms with Crippen LogP contribution in [0.25, 0.3) is 0 Å². The molecule has 8 heteroatoms. The van der Waals surface area contributed by atoms with Gasteiger partial charge in [-0.05, 0) is 49.2 Å². The lowest BCUT2D eigenvalue weighted by Gasteiger charge is -2.45. The fourth-order valence-electron chi connectivity index (χ4n) is 4.91. The third kappa shape index (κ3) is 3.99. The molecule has 3 aromatic rings. The van der Waals surface area contributed by atoms with E-state index in [9.17, 15) is 18.0 Å². The summed E-state index contributed by atoms with van der Waals surface area (Å²) in [4.78, 5) is 15.1. The lowest BCUT2D eigenvalue weighted by molar-refractivity contribution is -0.144. The van der Waals surface area contributed by atoms with Gasteiger partial charge in [-0.3, -0.25) is 4.79 Å². The minimum Gasteiger partial charge on any atom is -0.457 e. The monoisotopic (exact) mass is 455 g/mol. The van der Waals surface area contributed by atoms with Gasteiger partial charge in [-0.1, -0.05) is 30.3 Å². The van der Waals surface area contributed by atoms with Crippen LogP contribution in [0.5, 0.6) is 11.5 Å². The Morgan fingerprint density at radius 3 is 2.33 bits per heavy atom. The maximum absolute atomic E-state index is 13.4. The molecule has 1 aromatic heterocycles. The SMILES string of the molecule is O=C(c1ccccc1Oc1ccccc1)N1CCC2(CC1)NCCn1c(C(F)(F)F)ccc12. The number of ether oxygens (including phenoxy) is 1. The van der Waals surface area contributed by atoms with Gasteiger partial charge in [0.1, 0.15) is 17.2 Å². The number of nitrogens with one attached hydrogen (secondary N) is 1. The van der Waals surface area contributed by atoms with Crippen LogP contribution < -0.4 is 10.1 Å². The molecule has 2 aliphatic heterocycles. The van der Waals surface area contributed by atoms with Crippen LogP contribution in [0.4, 0.5) is 13.2 Å². The molecule has 1 N–H and O–H groups in total. The van der Waals surface area contributed by atoms with Gasteiger partial charge in [0.05, 0.1) is 11.1 Å². The highest BCUT2D eigenvalue weighted by Crippen LogP contribution is 2.40. The van der Waals surface area contributed by atoms with Crippen molar-refractivity contribution in [2.24, 2.45) is 0 Å². The number of aromatic nitrogens is 1. The fraction of sp³-hybridized carbons (Fsp3) is 0.320. The first kappa shape index (κ1) is 21.6. The molecule has 2 aromatic carbocycles. The van der Waals surface area contributed by atoms with Crippen molar-refractivity contribution < 1.29 is 22.7 Å². The molecular formula is C25H24F3N3O2. The number of amides is 1. The number of benzene rings is 2. The Labute approximate surface area is 189 Å². The van der Waals surface area contributed by atoms with Crippen LogP contribution in [0.15, 0.2) is 66.7 Å². The lowest BCUT2D eigenvalue weighted by Crippen LogP contribution is -2.56. The second kappa shape index (κ2) is 8.26. The molecule has 1 fully saturated rings. The smallest absolute Gasteiger partial charge is 0.431 e. The predicted octanol–water partition coefficient (Wildman–Crippen LogP) is 5.03. The summed E-state index contributed by atoms with van der Waals surface area (Å²) in [7, 11) is 0. The molecule has 5 rings (SSSR count). The van der Waals surface area contributed by atoms with Crippen LogP contribution in [-0.4, -0.2) is 35.0 Å². The Hall–Kier alpha value is -3.26. The molecule has 33 heavy (non-hydrogen) atoms. The Kier molecular flexibility index (Phi) is 5.40. The molecular weight excluding hydrogens is 431 g/mol. The largest absolute Gasteiger partial charge is 0.457 e. The molecule has 2 aliphatic rings. The van der Waals surface area contributed by atoms with Crippen molar-refractivity contribution >= 4 is 5.91 Å². The highest BCUT2D eigenvalue weighted by molar-refractivity contribution is 5.97. The minimum absolute atomic E-state index is 0.140. The third-order valence-electron chi connectivity index (χ3n) is 6.55. The van der Waals surface area contributed by atoms with Gasteiger partial charge in [-0.15, -0.1) is 0 Å². The number of likely N-dealkylation sites (tertiary alicyclic amines) is 1. The summed E-state index contributed by atoms with van der Waals surface area (Å²) < 4.78 is 47.6. The third-order valence-corrected chi connectivity index (χ3v) is 6.55. The summed E-state index contributed by atoms with van der Waals surface area (Å²) in [5.41, 5.74) is -0.0417. The number of halogens is 3. The summed E-state index contributed by atoms with van der Waals surface area (Å²) in [6.07, 6.45) is -3.29. The zero-order valence-electron chi connectivity index (χ0n) is 17.9. The molecule has 5 nitrogen and oxygen atoms in total. The highest BCUT2D eigenvalue weighted by atomic mass is 19.4. The van der Waals surface area contributed by atoms with Crippen molar-refractivity contribution in [2.45, 2.75) is 31.1 Å². The van der Waals surface area contributed by atoms with Crippen molar-refractivity contribution in [2.75, 3.05) is 19.6 Å². The lowest BCUT2D eigenvalue weighted by atomic mass is 9.83. The van der Waals surface area contributed by atoms with Crippen LogP contribution in [0.2, 0.25) is 0 Å². The van der Waals surface area contributed by atoms with E-state index in [4.69, 9.17) is 4.74 Å². The Morgan fingerprint density at radius 1 is 0.909 bits per heavy atom. The first-order chi connectivity index (χ1) is 15.9. The molecule has 3 heterocycles. The molecule has 0 saturated carbocycles. The van der Waals surface area contributed by atoms with E-state index in [-0.39, 0.29) is 12.5 Å². The van der Waals surface area contributed by atoms with Crippen molar-refractivity contribution in [3.8, 4) is 11.5 Å². The fourth-order valence-corrected chi connectivity index (χ4v) is 4.91. The number of fused-ring (bicyclic) bond motifs is 2. The van der Waals surface area contributed by atoms with Gasteiger partial charge in [0.2, 0.25) is 0 Å². The first-order valence-electron chi connectivity index (χ1n) is 11.0. The number of rotatable bonds is 3. The summed E-state index contributed by atoms with van der Waals surface area (Å²) in [6, 6.07) is 19.1. The number of piperidine rings is 1. The maximum atomic E-state index is 13.4. The molecule has 0 atom stereocenters. The van der Waals surface area contributed by atoms with Gasteiger partial charge in [0.25, 0.3) is 5.91 Å². The number of alkyl halides is 3. The first-order valence-corrected chi connectivity index (χ1v) is 11.0. The number of hydrogen-bond donors (Lipinski definition) is 1. The van der Waals surface area contributed by atoms with Crippen LogP contribution in [0, 0.1) is 0 Å². The molecule has 1 saturated heterocycles. The number of nitrogens with zero attached hydrogens (tertiary/aromatic N) is 2. The zero-order valence-corrected chi connectivity index (χ0v) is 17.9. The average molecular weight is 455 g/mol. The van der Waals surface area contributed by atoms with Crippen molar-refractivity contribution in [3.63, 3.8) is 0 Å². The number of carbonyl (C=O) groups is 1. The van der Waals surface area contributed by atoms with Crippen LogP contribution >= 0.6 is 0 Å². The molecule has 172 valence electrons. The van der Waals surface area contributed by atoms with Crippen LogP contribution in [0.1, 0.15) is 34.6 Å². The molecule has 0 bridgehead atoms. The second-order valence-electron chi connectivity index (χ2n) is 8.47. The van der Waals surface area contributed by atoms with Gasteiger partial charge < -0.3 is 19.5 Å². The Bertz CT molecular complexity index is 1150. The van der Waals surface area contributed by atoms with E-state index in [0.717, 1.165) is 0 Å². The standard InChI is InChI=1S/C25H24F3N3O2/c26-25(27,28)22-11-10-21-24(29-14-17-31(21)22)12-15-30(16-13-24)23(32)19-8-4-5-9-20(19)33-18-6-2-1-3-7-18/h1-11,29H,12-17H2. The van der Waals surface area contributed by atoms with Crippen molar-refractivity contribution in [3.05, 3.63) is 83.7 Å². The zero-order chi connectivity index (χ0) is 23.1. The molecule has 1 amide bonds. The number of carbonyl (C=O) groups excluding carboxylic acids is 1. The molecule has 0 radical (unpaired) electrons. The van der Waals surface area contributed by atoms with E-state index < -0.39 is 17.4 Å². The van der Waals surface area contributed by atoms with Crippen molar-refractivity contribution in [1.29, 1.82) is 0 Å². The summed E-state index contributed by atoms with van der Waals surface area (Å²) >= 11 is 0. The van der Waals surface area contributed by atoms with E-state index in [0.29, 0.717) is 55.2 Å². The molecule has 0 unspecified atom stereocenters. The van der Waals surface area contributed by atoms with E-state index in [2.05, 4.69) is 5.32 Å². The van der Waals surface area contributed by atoms with Gasteiger partial charge in [-0.25, -0.2) is 0 Å². The van der Waals surface area contributed by atoms with E-state index >= 15 is 0 Å². The molecule has 1 spiro atoms. The topological polar surface area (TPSA) is 46.5 Å². The minimum atomic E-state index is -4.38. The summed E-state index contributed by atoms with van der Waals surface area (Å²) in [5.74, 6) is 0.981. The Morgan fingerprint density at radius 2 is 1.61 bits per heavy atom. The van der Waals surface area contributed by atoms with Gasteiger partial charge >= 0.3 is 6.18 Å². The number of para-hydroxylation sites is 2. The summed E-state index contributed by atoms with van der Waals surface area (Å²) in [5, 5.41) is 3.45. The maximum Gasteiger partial charge on any atom is 0.431 e. The van der Waals surface area contributed by atoms with Gasteiger partial charge in [0, 0.05) is 31.9 Å². The predicted molar refractivity (Wildman–Crippen MR) is 117 cm³/mol. The van der Waals surface area contributed by atoms with Crippen molar-refractivity contribution in [1.82, 2.24) is 14.8 Å². The quantitative estimate of drug-likeness (QED) is 0.602. The normalized spacial score (nSPS) is 17.6. The molecule has 0 aliphatic carbocycles. The van der Waals surface area contributed by atoms with Gasteiger partial charge in [0.15, 0.2) is 0 Å². The average Bonchev–Trinajstić information content (AvgIpc) is 3.27. The van der Waals surface area contributed by atoms with Gasteiger partial charge in [-0.2, -0.15) is 13.2 Å². The van der Waals surface area contributed by atoms with E-state index in [1.54, 1.807) is 29.2 Å². The Balaban J connectivity index is 1.34. The van der Waals surface area contributed by atoms with Crippen LogP contribution in [0.3, 0.4) is 0 Å². The highest BCUT2D eigenvalue weighted by Gasteiger charge is 2.44. The van der Waals surface area contributed by atoms with Crippen LogP contribution in [-0.2, 0) is 18.3 Å². The summed E-state index contributed by atoms with van der Waals surface area (Å²) in [6.45, 7) is 1.63. The van der Waals surface area contributed by atoms with E-state index in [1.807, 2.05) is 36.4 Å². The van der Waals surface area contributed by atoms with E-state index in [1.165, 1.54) is 10.6 Å².